The maximum atomic E-state index is 11.1. The van der Waals surface area contributed by atoms with Crippen LogP contribution in [0.2, 0.25) is 0 Å². The van der Waals surface area contributed by atoms with E-state index < -0.39 is 0 Å². The van der Waals surface area contributed by atoms with Crippen molar-refractivity contribution in [2.45, 2.75) is 19.5 Å². The molecule has 0 saturated carbocycles. The molecule has 19 heavy (non-hydrogen) atoms. The van der Waals surface area contributed by atoms with Gasteiger partial charge in [-0.05, 0) is 32.2 Å². The van der Waals surface area contributed by atoms with Crippen LogP contribution in [0, 0.1) is 0 Å². The third-order valence-corrected chi connectivity index (χ3v) is 4.04. The van der Waals surface area contributed by atoms with Crippen LogP contribution in [0.5, 0.6) is 0 Å². The van der Waals surface area contributed by atoms with Crippen LogP contribution in [-0.4, -0.2) is 22.8 Å². The van der Waals surface area contributed by atoms with Gasteiger partial charge in [0.25, 0.3) is 0 Å². The molecule has 2 rings (SSSR count). The molecule has 0 aliphatic carbocycles. The van der Waals surface area contributed by atoms with E-state index >= 15 is 0 Å². The van der Waals surface area contributed by atoms with Gasteiger partial charge in [-0.15, -0.1) is 11.3 Å². The van der Waals surface area contributed by atoms with Gasteiger partial charge in [-0.1, -0.05) is 6.07 Å². The number of aromatic nitrogens is 1. The quantitative estimate of drug-likeness (QED) is 0.911. The second-order valence-corrected chi connectivity index (χ2v) is 5.51. The zero-order chi connectivity index (χ0) is 13.8. The van der Waals surface area contributed by atoms with Crippen LogP contribution in [-0.2, 0) is 6.54 Å². The monoisotopic (exact) mass is 275 g/mol. The van der Waals surface area contributed by atoms with E-state index in [0.717, 1.165) is 17.1 Å². The number of carbonyl (C=O) groups is 1. The SMILES string of the molecule is C[C@H](c1ccccn1)N(C)Cc1cc(C(N)=O)cs1. The van der Waals surface area contributed by atoms with Gasteiger partial charge >= 0.3 is 0 Å². The second kappa shape index (κ2) is 5.95. The van der Waals surface area contributed by atoms with Gasteiger partial charge in [0.1, 0.15) is 0 Å². The van der Waals surface area contributed by atoms with Gasteiger partial charge in [0, 0.05) is 29.0 Å². The highest BCUT2D eigenvalue weighted by Gasteiger charge is 2.14. The Morgan fingerprint density at radius 3 is 2.89 bits per heavy atom. The fraction of sp³-hybridized carbons (Fsp3) is 0.286. The highest BCUT2D eigenvalue weighted by atomic mass is 32.1. The topological polar surface area (TPSA) is 59.2 Å². The first kappa shape index (κ1) is 13.7. The molecule has 0 radical (unpaired) electrons. The van der Waals surface area contributed by atoms with Crippen LogP contribution in [0.15, 0.2) is 35.8 Å². The summed E-state index contributed by atoms with van der Waals surface area (Å²) in [7, 11) is 2.04. The summed E-state index contributed by atoms with van der Waals surface area (Å²) in [5.41, 5.74) is 6.87. The van der Waals surface area contributed by atoms with E-state index in [9.17, 15) is 4.79 Å². The predicted octanol–water partition coefficient (Wildman–Crippen LogP) is 2.44. The van der Waals surface area contributed by atoms with Crippen molar-refractivity contribution >= 4 is 17.2 Å². The van der Waals surface area contributed by atoms with E-state index in [1.807, 2.05) is 31.3 Å². The molecule has 0 unspecified atom stereocenters. The number of hydrogen-bond acceptors (Lipinski definition) is 4. The Kier molecular flexibility index (Phi) is 4.29. The molecule has 0 spiro atoms. The van der Waals surface area contributed by atoms with E-state index in [-0.39, 0.29) is 11.9 Å². The van der Waals surface area contributed by atoms with Crippen LogP contribution < -0.4 is 5.73 Å². The summed E-state index contributed by atoms with van der Waals surface area (Å²) in [5, 5.41) is 1.80. The maximum Gasteiger partial charge on any atom is 0.249 e. The summed E-state index contributed by atoms with van der Waals surface area (Å²) in [6.45, 7) is 2.89. The normalized spacial score (nSPS) is 12.6. The zero-order valence-corrected chi connectivity index (χ0v) is 11.9. The molecular weight excluding hydrogens is 258 g/mol. The Hall–Kier alpha value is -1.72. The fourth-order valence-electron chi connectivity index (χ4n) is 1.82. The van der Waals surface area contributed by atoms with Gasteiger partial charge in [0.2, 0.25) is 5.91 Å². The average molecular weight is 275 g/mol. The molecule has 2 heterocycles. The van der Waals surface area contributed by atoms with Crippen molar-refractivity contribution in [2.24, 2.45) is 5.73 Å². The first-order valence-electron chi connectivity index (χ1n) is 6.06. The number of nitrogens with two attached hydrogens (primary N) is 1. The number of hydrogen-bond donors (Lipinski definition) is 1. The summed E-state index contributed by atoms with van der Waals surface area (Å²) < 4.78 is 0. The summed E-state index contributed by atoms with van der Waals surface area (Å²) in [6.07, 6.45) is 1.80. The lowest BCUT2D eigenvalue weighted by Gasteiger charge is -2.23. The molecule has 0 aromatic carbocycles. The first-order valence-corrected chi connectivity index (χ1v) is 6.94. The molecular formula is C14H17N3OS. The van der Waals surface area contributed by atoms with Crippen LogP contribution >= 0.6 is 11.3 Å². The van der Waals surface area contributed by atoms with Crippen molar-refractivity contribution in [3.63, 3.8) is 0 Å². The summed E-state index contributed by atoms with van der Waals surface area (Å²) in [5.74, 6) is -0.372. The van der Waals surface area contributed by atoms with E-state index in [2.05, 4.69) is 16.8 Å². The Morgan fingerprint density at radius 2 is 2.32 bits per heavy atom. The smallest absolute Gasteiger partial charge is 0.249 e. The molecule has 2 N–H and O–H groups in total. The lowest BCUT2D eigenvalue weighted by atomic mass is 10.2. The minimum atomic E-state index is -0.372. The van der Waals surface area contributed by atoms with Gasteiger partial charge in [-0.3, -0.25) is 14.7 Å². The number of primary amides is 1. The van der Waals surface area contributed by atoms with Crippen molar-refractivity contribution in [3.05, 3.63) is 52.0 Å². The molecule has 2 aromatic heterocycles. The Balaban J connectivity index is 2.04. The van der Waals surface area contributed by atoms with Crippen LogP contribution in [0.4, 0.5) is 0 Å². The van der Waals surface area contributed by atoms with Crippen LogP contribution in [0.25, 0.3) is 0 Å². The lowest BCUT2D eigenvalue weighted by Crippen LogP contribution is -2.22. The number of nitrogens with zero attached hydrogens (tertiary/aromatic N) is 2. The van der Waals surface area contributed by atoms with E-state index in [1.165, 1.54) is 0 Å². The largest absolute Gasteiger partial charge is 0.366 e. The van der Waals surface area contributed by atoms with Crippen molar-refractivity contribution in [1.29, 1.82) is 0 Å². The summed E-state index contributed by atoms with van der Waals surface area (Å²) >= 11 is 1.56. The van der Waals surface area contributed by atoms with E-state index in [4.69, 9.17) is 5.73 Å². The summed E-state index contributed by atoms with van der Waals surface area (Å²) in [4.78, 5) is 18.7. The minimum Gasteiger partial charge on any atom is -0.366 e. The van der Waals surface area contributed by atoms with Crippen molar-refractivity contribution in [3.8, 4) is 0 Å². The van der Waals surface area contributed by atoms with Gasteiger partial charge < -0.3 is 5.73 Å². The molecule has 1 amide bonds. The Bertz CT molecular complexity index is 553. The molecule has 5 heteroatoms. The van der Waals surface area contributed by atoms with E-state index in [1.54, 1.807) is 22.9 Å². The van der Waals surface area contributed by atoms with Gasteiger partial charge in [-0.25, -0.2) is 0 Å². The lowest BCUT2D eigenvalue weighted by molar-refractivity contribution is 0.100. The van der Waals surface area contributed by atoms with Crippen molar-refractivity contribution in [2.75, 3.05) is 7.05 Å². The summed E-state index contributed by atoms with van der Waals surface area (Å²) in [6, 6.07) is 8.00. The molecule has 0 saturated heterocycles. The molecule has 0 bridgehead atoms. The van der Waals surface area contributed by atoms with Crippen LogP contribution in [0.3, 0.4) is 0 Å². The molecule has 0 aliphatic heterocycles. The number of pyridine rings is 1. The third kappa shape index (κ3) is 3.39. The number of carbonyl (C=O) groups excluding carboxylic acids is 1. The van der Waals surface area contributed by atoms with Crippen molar-refractivity contribution in [1.82, 2.24) is 9.88 Å². The molecule has 2 aromatic rings. The Morgan fingerprint density at radius 1 is 1.53 bits per heavy atom. The van der Waals surface area contributed by atoms with Crippen molar-refractivity contribution < 1.29 is 4.79 Å². The van der Waals surface area contributed by atoms with E-state index in [0.29, 0.717) is 5.56 Å². The molecule has 100 valence electrons. The second-order valence-electron chi connectivity index (χ2n) is 4.51. The molecule has 1 atom stereocenters. The first-order chi connectivity index (χ1) is 9.08. The fourth-order valence-corrected chi connectivity index (χ4v) is 2.76. The highest BCUT2D eigenvalue weighted by Crippen LogP contribution is 2.22. The molecule has 0 fully saturated rings. The van der Waals surface area contributed by atoms with Gasteiger partial charge in [0.05, 0.1) is 11.3 Å². The minimum absolute atomic E-state index is 0.223. The zero-order valence-electron chi connectivity index (χ0n) is 11.0. The maximum absolute atomic E-state index is 11.1. The number of rotatable bonds is 5. The third-order valence-electron chi connectivity index (χ3n) is 3.12. The van der Waals surface area contributed by atoms with Crippen LogP contribution in [0.1, 0.15) is 33.9 Å². The molecule has 4 nitrogen and oxygen atoms in total. The van der Waals surface area contributed by atoms with Gasteiger partial charge in [0.15, 0.2) is 0 Å². The average Bonchev–Trinajstić information content (AvgIpc) is 2.87. The number of amides is 1. The number of thiophene rings is 1. The highest BCUT2D eigenvalue weighted by molar-refractivity contribution is 7.10. The Labute approximate surface area is 116 Å². The molecule has 0 aliphatic rings. The van der Waals surface area contributed by atoms with Gasteiger partial charge in [-0.2, -0.15) is 0 Å². The standard InChI is InChI=1S/C14H17N3OS/c1-10(13-5-3-4-6-16-13)17(2)8-12-7-11(9-19-12)14(15)18/h3-7,9-10H,8H2,1-2H3,(H2,15,18)/t10-/m1/s1. The predicted molar refractivity (Wildman–Crippen MR) is 77.0 cm³/mol.